The molecule has 1 aromatic carbocycles. The van der Waals surface area contributed by atoms with Crippen LogP contribution in [-0.2, 0) is 9.53 Å². The first-order valence-corrected chi connectivity index (χ1v) is 9.77. The van der Waals surface area contributed by atoms with Gasteiger partial charge in [0.25, 0.3) is 5.56 Å². The van der Waals surface area contributed by atoms with Crippen LogP contribution in [-0.4, -0.2) is 29.6 Å². The van der Waals surface area contributed by atoms with E-state index in [1.165, 1.54) is 31.3 Å². The number of nitrogens with one attached hydrogen (secondary N) is 1. The molecule has 2 aromatic rings. The molecule has 1 N–H and O–H groups in total. The zero-order valence-corrected chi connectivity index (χ0v) is 17.6. The van der Waals surface area contributed by atoms with Crippen LogP contribution in [0.15, 0.2) is 44.7 Å². The number of aromatic amines is 1. The largest absolute Gasteiger partial charge is 0.573 e. The van der Waals surface area contributed by atoms with E-state index in [0.29, 0.717) is 4.47 Å². The summed E-state index contributed by atoms with van der Waals surface area (Å²) < 4.78 is 48.9. The Morgan fingerprint density at radius 1 is 1.35 bits per heavy atom. The Bertz CT molecular complexity index is 1140. The second-order valence-corrected chi connectivity index (χ2v) is 7.54. The average molecular weight is 498 g/mol. The minimum absolute atomic E-state index is 0.0182. The zero-order chi connectivity index (χ0) is 22.8. The number of hydrogen-bond acceptors (Lipinski definition) is 6. The number of H-pyrrole nitrogens is 1. The van der Waals surface area contributed by atoms with Crippen LogP contribution in [0, 0.1) is 17.2 Å². The quantitative estimate of drug-likeness (QED) is 0.488. The molecule has 2 atom stereocenters. The topological polar surface area (TPSA) is 105 Å². The minimum Gasteiger partial charge on any atom is -0.464 e. The molecule has 0 spiro atoms. The lowest BCUT2D eigenvalue weighted by Crippen LogP contribution is -2.36. The van der Waals surface area contributed by atoms with Crippen LogP contribution in [0.2, 0.25) is 0 Å². The van der Waals surface area contributed by atoms with E-state index in [9.17, 15) is 22.8 Å². The van der Waals surface area contributed by atoms with Crippen LogP contribution in [0.5, 0.6) is 5.75 Å². The summed E-state index contributed by atoms with van der Waals surface area (Å²) in [6.07, 6.45) is -3.70. The highest BCUT2D eigenvalue weighted by atomic mass is 79.9. The maximum atomic E-state index is 13.1. The molecule has 1 aromatic heterocycles. The maximum Gasteiger partial charge on any atom is 0.573 e. The van der Waals surface area contributed by atoms with Gasteiger partial charge in [0.1, 0.15) is 18.3 Å². The third-order valence-corrected chi connectivity index (χ3v) is 5.11. The van der Waals surface area contributed by atoms with Gasteiger partial charge in [-0.05, 0) is 25.1 Å². The Labute approximate surface area is 182 Å². The number of ether oxygens (including phenoxy) is 2. The molecule has 0 radical (unpaired) electrons. The van der Waals surface area contributed by atoms with Crippen molar-refractivity contribution in [1.82, 2.24) is 4.98 Å². The highest BCUT2D eigenvalue weighted by Gasteiger charge is 2.43. The van der Waals surface area contributed by atoms with E-state index in [1.807, 2.05) is 6.07 Å². The lowest BCUT2D eigenvalue weighted by Gasteiger charge is -2.31. The Kier molecular flexibility index (Phi) is 6.50. The summed E-state index contributed by atoms with van der Waals surface area (Å²) in [6, 6.07) is 7.26. The number of esters is 1. The number of carbonyl (C=O) groups is 1. The SMILES string of the molecule is CC1=Nc2cc[nH]c(=O)c2C(c2ccc(Br)cc2OC(F)(F)F)C1C(=O)OCCC#N. The standard InChI is InChI=1S/C20H15BrF3N3O4/c1-10-15(19(29)30-8-2-6-25)16(17-13(27-10)5-7-26-18(17)28)12-4-3-11(21)9-14(12)31-20(22,23)24/h3-5,7,9,15-16H,2,8H2,1H3,(H,26,28). The molecule has 3 rings (SSSR count). The predicted octanol–water partition coefficient (Wildman–Crippen LogP) is 4.35. The molecule has 0 fully saturated rings. The van der Waals surface area contributed by atoms with Gasteiger partial charge in [-0.25, -0.2) is 0 Å². The van der Waals surface area contributed by atoms with E-state index < -0.39 is 35.5 Å². The van der Waals surface area contributed by atoms with Crippen LogP contribution in [0.3, 0.4) is 0 Å². The molecule has 162 valence electrons. The van der Waals surface area contributed by atoms with Gasteiger partial charge in [0.2, 0.25) is 0 Å². The van der Waals surface area contributed by atoms with Crippen molar-refractivity contribution in [3.8, 4) is 11.8 Å². The number of rotatable bonds is 5. The molecule has 2 heterocycles. The van der Waals surface area contributed by atoms with E-state index in [1.54, 1.807) is 0 Å². The monoisotopic (exact) mass is 497 g/mol. The normalized spacial score (nSPS) is 17.9. The minimum atomic E-state index is -5.00. The van der Waals surface area contributed by atoms with Crippen LogP contribution in [0.1, 0.15) is 30.4 Å². The van der Waals surface area contributed by atoms with Crippen molar-refractivity contribution in [3.05, 3.63) is 56.4 Å². The van der Waals surface area contributed by atoms with Crippen LogP contribution >= 0.6 is 15.9 Å². The second-order valence-electron chi connectivity index (χ2n) is 6.62. The fourth-order valence-corrected chi connectivity index (χ4v) is 3.79. The number of halogens is 4. The van der Waals surface area contributed by atoms with Crippen molar-refractivity contribution in [2.45, 2.75) is 25.6 Å². The van der Waals surface area contributed by atoms with Crippen molar-refractivity contribution in [2.24, 2.45) is 10.9 Å². The Morgan fingerprint density at radius 2 is 2.10 bits per heavy atom. The first kappa shape index (κ1) is 22.6. The number of aromatic nitrogens is 1. The highest BCUT2D eigenvalue weighted by Crippen LogP contribution is 2.45. The first-order chi connectivity index (χ1) is 14.6. The smallest absolute Gasteiger partial charge is 0.464 e. The number of hydrogen-bond donors (Lipinski definition) is 1. The highest BCUT2D eigenvalue weighted by molar-refractivity contribution is 9.10. The van der Waals surface area contributed by atoms with E-state index in [0.717, 1.165) is 6.07 Å². The summed E-state index contributed by atoms with van der Waals surface area (Å²) in [7, 11) is 0. The fraction of sp³-hybridized carbons (Fsp3) is 0.300. The molecule has 11 heteroatoms. The number of benzene rings is 1. The van der Waals surface area contributed by atoms with E-state index in [2.05, 4.69) is 30.6 Å². The number of alkyl halides is 3. The summed E-state index contributed by atoms with van der Waals surface area (Å²) in [5, 5.41) is 8.67. The summed E-state index contributed by atoms with van der Waals surface area (Å²) in [4.78, 5) is 32.3. The molecule has 2 unspecified atom stereocenters. The lowest BCUT2D eigenvalue weighted by molar-refractivity contribution is -0.275. The molecule has 0 bridgehead atoms. The molecule has 0 saturated heterocycles. The van der Waals surface area contributed by atoms with Gasteiger partial charge >= 0.3 is 12.3 Å². The lowest BCUT2D eigenvalue weighted by atomic mass is 9.76. The average Bonchev–Trinajstić information content (AvgIpc) is 2.66. The van der Waals surface area contributed by atoms with Crippen LogP contribution in [0.25, 0.3) is 0 Å². The number of aliphatic imine (C=N–C) groups is 1. The third-order valence-electron chi connectivity index (χ3n) is 4.62. The Hall–Kier alpha value is -3.13. The number of fused-ring (bicyclic) bond motifs is 1. The number of nitrogens with zero attached hydrogens (tertiary/aromatic N) is 2. The predicted molar refractivity (Wildman–Crippen MR) is 107 cm³/mol. The van der Waals surface area contributed by atoms with Crippen molar-refractivity contribution in [3.63, 3.8) is 0 Å². The van der Waals surface area contributed by atoms with Crippen molar-refractivity contribution in [1.29, 1.82) is 5.26 Å². The van der Waals surface area contributed by atoms with Crippen LogP contribution < -0.4 is 10.3 Å². The van der Waals surface area contributed by atoms with E-state index >= 15 is 0 Å². The van der Waals surface area contributed by atoms with Crippen molar-refractivity contribution in [2.75, 3.05) is 6.61 Å². The fourth-order valence-electron chi connectivity index (χ4n) is 3.45. The van der Waals surface area contributed by atoms with Gasteiger partial charge in [-0.3, -0.25) is 14.6 Å². The summed E-state index contributed by atoms with van der Waals surface area (Å²) in [5.41, 5.74) is -0.131. The third kappa shape index (κ3) is 4.96. The maximum absolute atomic E-state index is 13.1. The summed E-state index contributed by atoms with van der Waals surface area (Å²) >= 11 is 3.11. The van der Waals surface area contributed by atoms with Gasteiger partial charge in [0, 0.05) is 27.9 Å². The van der Waals surface area contributed by atoms with Crippen molar-refractivity contribution < 1.29 is 27.4 Å². The Balaban J connectivity index is 2.21. The molecule has 0 amide bonds. The molecular formula is C20H15BrF3N3O4. The van der Waals surface area contributed by atoms with Gasteiger partial charge in [-0.15, -0.1) is 13.2 Å². The van der Waals surface area contributed by atoms with Gasteiger partial charge in [0.15, 0.2) is 0 Å². The van der Waals surface area contributed by atoms with Crippen molar-refractivity contribution >= 4 is 33.3 Å². The molecule has 31 heavy (non-hydrogen) atoms. The molecular weight excluding hydrogens is 483 g/mol. The summed E-state index contributed by atoms with van der Waals surface area (Å²) in [5.74, 6) is -3.72. The van der Waals surface area contributed by atoms with E-state index in [-0.39, 0.29) is 35.6 Å². The number of pyridine rings is 1. The second kappa shape index (κ2) is 8.93. The Morgan fingerprint density at radius 3 is 2.77 bits per heavy atom. The number of nitriles is 1. The van der Waals surface area contributed by atoms with Gasteiger partial charge in [-0.1, -0.05) is 22.0 Å². The summed E-state index contributed by atoms with van der Waals surface area (Å²) in [6.45, 7) is 1.33. The van der Waals surface area contributed by atoms with Gasteiger partial charge in [0.05, 0.1) is 23.7 Å². The van der Waals surface area contributed by atoms with Gasteiger partial charge < -0.3 is 14.5 Å². The number of carbonyl (C=O) groups excluding carboxylic acids is 1. The van der Waals surface area contributed by atoms with Crippen LogP contribution in [0.4, 0.5) is 18.9 Å². The molecule has 0 saturated carbocycles. The zero-order valence-electron chi connectivity index (χ0n) is 16.0. The first-order valence-electron chi connectivity index (χ1n) is 8.98. The molecule has 1 aliphatic rings. The molecule has 7 nitrogen and oxygen atoms in total. The molecule has 0 aliphatic carbocycles. The molecule has 1 aliphatic heterocycles. The van der Waals surface area contributed by atoms with E-state index in [4.69, 9.17) is 10.00 Å². The van der Waals surface area contributed by atoms with Gasteiger partial charge in [-0.2, -0.15) is 5.26 Å².